The van der Waals surface area contributed by atoms with E-state index in [1.807, 2.05) is 24.0 Å². The number of rotatable bonds is 7. The minimum atomic E-state index is -5.05. The normalized spacial score (nSPS) is 17.4. The van der Waals surface area contributed by atoms with Crippen molar-refractivity contribution in [2.45, 2.75) is 31.8 Å². The third-order valence-corrected chi connectivity index (χ3v) is 6.66. The number of para-hydroxylation sites is 1. The van der Waals surface area contributed by atoms with Gasteiger partial charge in [-0.15, -0.1) is 18.3 Å². The predicted molar refractivity (Wildman–Crippen MR) is 141 cm³/mol. The zero-order valence-electron chi connectivity index (χ0n) is 21.9. The Kier molecular flexibility index (Phi) is 7.43. The van der Waals surface area contributed by atoms with Crippen molar-refractivity contribution in [3.63, 3.8) is 0 Å². The summed E-state index contributed by atoms with van der Waals surface area (Å²) >= 11 is 0. The van der Waals surface area contributed by atoms with Crippen molar-refractivity contribution < 1.29 is 36.9 Å². The van der Waals surface area contributed by atoms with Crippen LogP contribution in [0.3, 0.4) is 0 Å². The molecule has 3 heterocycles. The lowest BCUT2D eigenvalue weighted by molar-refractivity contribution is -0.275. The highest BCUT2D eigenvalue weighted by atomic mass is 19.4. The monoisotopic (exact) mass is 571 g/mol. The molecule has 5 rings (SSSR count). The molecule has 41 heavy (non-hydrogen) atoms. The molecule has 1 saturated heterocycles. The number of carbonyl (C=O) groups excluding carboxylic acids is 1. The van der Waals surface area contributed by atoms with E-state index in [2.05, 4.69) is 15.0 Å². The number of ether oxygens (including phenoxy) is 2. The summed E-state index contributed by atoms with van der Waals surface area (Å²) in [6.45, 7) is 2.08. The molecule has 0 saturated carbocycles. The number of aromatic hydroxyl groups is 1. The van der Waals surface area contributed by atoms with Crippen LogP contribution in [-0.2, 0) is 0 Å². The number of carbonyl (C=O) groups is 1. The van der Waals surface area contributed by atoms with Crippen molar-refractivity contribution in [3.05, 3.63) is 83.4 Å². The van der Waals surface area contributed by atoms with Gasteiger partial charge in [0.15, 0.2) is 17.1 Å². The molecule has 2 atom stereocenters. The number of amides is 1. The number of nitrogens with one attached hydrogen (secondary N) is 1. The average Bonchev–Trinajstić information content (AvgIpc) is 3.53. The lowest BCUT2D eigenvalue weighted by Crippen LogP contribution is -2.37. The molecule has 4 aromatic rings. The second-order valence-corrected chi connectivity index (χ2v) is 9.31. The number of anilines is 1. The lowest BCUT2D eigenvalue weighted by Gasteiger charge is -2.27. The van der Waals surface area contributed by atoms with E-state index in [0.717, 1.165) is 11.8 Å². The highest BCUT2D eigenvalue weighted by Gasteiger charge is 2.38. The number of hydrogen-bond donors (Lipinski definition) is 2. The fraction of sp³-hybridized carbons (Fsp3) is 0.250. The Bertz CT molecular complexity index is 1620. The van der Waals surface area contributed by atoms with Crippen LogP contribution in [0.15, 0.2) is 60.8 Å². The smallest absolute Gasteiger partial charge is 0.504 e. The minimum Gasteiger partial charge on any atom is -0.504 e. The molecule has 2 aromatic heterocycles. The molecular formula is C28H25F4N5O4. The zero-order valence-corrected chi connectivity index (χ0v) is 21.9. The van der Waals surface area contributed by atoms with Crippen LogP contribution in [0.4, 0.5) is 23.4 Å². The van der Waals surface area contributed by atoms with Crippen molar-refractivity contribution in [2.24, 2.45) is 0 Å². The van der Waals surface area contributed by atoms with Crippen LogP contribution in [-0.4, -0.2) is 51.7 Å². The second kappa shape index (κ2) is 11.0. The van der Waals surface area contributed by atoms with Gasteiger partial charge in [0.1, 0.15) is 17.4 Å². The quantitative estimate of drug-likeness (QED) is 0.292. The molecule has 0 radical (unpaired) electrons. The molecule has 13 heteroatoms. The number of aromatic nitrogens is 3. The number of phenols is 1. The average molecular weight is 572 g/mol. The Balaban J connectivity index is 1.49. The molecule has 2 aromatic carbocycles. The first-order valence-corrected chi connectivity index (χ1v) is 12.5. The SMILES string of the molecule is C/C=C/c1cnc2ccc(N3C[C@@H](NC(=O)c4cccc(OC(F)(F)F)c4O)C[C@@H]3c3cc(F)ccc3OC)nn12. The van der Waals surface area contributed by atoms with E-state index in [1.54, 1.807) is 22.8 Å². The highest BCUT2D eigenvalue weighted by molar-refractivity contribution is 5.97. The summed E-state index contributed by atoms with van der Waals surface area (Å²) in [6, 6.07) is 9.87. The Labute approximate surface area is 231 Å². The first-order valence-electron chi connectivity index (χ1n) is 12.5. The number of alkyl halides is 3. The van der Waals surface area contributed by atoms with Gasteiger partial charge in [-0.2, -0.15) is 0 Å². The van der Waals surface area contributed by atoms with Gasteiger partial charge in [-0.3, -0.25) is 4.79 Å². The van der Waals surface area contributed by atoms with Crippen LogP contribution < -0.4 is 19.7 Å². The van der Waals surface area contributed by atoms with Gasteiger partial charge in [0.25, 0.3) is 5.91 Å². The first-order chi connectivity index (χ1) is 19.6. The van der Waals surface area contributed by atoms with E-state index in [0.29, 0.717) is 22.8 Å². The van der Waals surface area contributed by atoms with E-state index in [1.165, 1.54) is 37.4 Å². The molecule has 1 aliphatic heterocycles. The number of benzene rings is 2. The number of halogens is 4. The van der Waals surface area contributed by atoms with Gasteiger partial charge in [0.05, 0.1) is 30.6 Å². The summed E-state index contributed by atoms with van der Waals surface area (Å²) in [6.07, 6.45) is 0.599. The van der Waals surface area contributed by atoms with Crippen LogP contribution in [0.25, 0.3) is 11.7 Å². The molecule has 0 unspecified atom stereocenters. The van der Waals surface area contributed by atoms with Crippen LogP contribution in [0.2, 0.25) is 0 Å². The topological polar surface area (TPSA) is 101 Å². The van der Waals surface area contributed by atoms with Crippen molar-refractivity contribution in [3.8, 4) is 17.2 Å². The van der Waals surface area contributed by atoms with Gasteiger partial charge in [-0.1, -0.05) is 12.1 Å². The summed E-state index contributed by atoms with van der Waals surface area (Å²) in [5, 5.41) is 17.8. The molecule has 0 bridgehead atoms. The first kappa shape index (κ1) is 27.7. The summed E-state index contributed by atoms with van der Waals surface area (Å²) in [5.41, 5.74) is 1.49. The van der Waals surface area contributed by atoms with Gasteiger partial charge in [0, 0.05) is 18.2 Å². The number of phenolic OH excluding ortho intramolecular Hbond substituents is 1. The maximum Gasteiger partial charge on any atom is 0.573 e. The highest BCUT2D eigenvalue weighted by Crippen LogP contribution is 2.40. The molecule has 2 N–H and O–H groups in total. The molecular weight excluding hydrogens is 546 g/mol. The van der Waals surface area contributed by atoms with E-state index < -0.39 is 41.7 Å². The van der Waals surface area contributed by atoms with Gasteiger partial charge in [-0.05, 0) is 61.9 Å². The molecule has 1 amide bonds. The maximum atomic E-state index is 14.4. The Morgan fingerprint density at radius 2 is 1.98 bits per heavy atom. The molecule has 0 aliphatic carbocycles. The van der Waals surface area contributed by atoms with Crippen molar-refractivity contribution >= 4 is 23.4 Å². The second-order valence-electron chi connectivity index (χ2n) is 9.31. The fourth-order valence-corrected chi connectivity index (χ4v) is 4.95. The van der Waals surface area contributed by atoms with E-state index in [4.69, 9.17) is 9.84 Å². The van der Waals surface area contributed by atoms with Crippen molar-refractivity contribution in [1.82, 2.24) is 19.9 Å². The summed E-state index contributed by atoms with van der Waals surface area (Å²) in [4.78, 5) is 19.3. The number of fused-ring (bicyclic) bond motifs is 1. The molecule has 9 nitrogen and oxygen atoms in total. The van der Waals surface area contributed by atoms with Gasteiger partial charge >= 0.3 is 6.36 Å². The van der Waals surface area contributed by atoms with Crippen LogP contribution >= 0.6 is 0 Å². The van der Waals surface area contributed by atoms with Crippen LogP contribution in [0.1, 0.15) is 41.0 Å². The van der Waals surface area contributed by atoms with Gasteiger partial charge in [-0.25, -0.2) is 13.9 Å². The third-order valence-electron chi connectivity index (χ3n) is 6.66. The predicted octanol–water partition coefficient (Wildman–Crippen LogP) is 5.26. The largest absolute Gasteiger partial charge is 0.573 e. The molecule has 0 spiro atoms. The van der Waals surface area contributed by atoms with E-state index in [-0.39, 0.29) is 18.5 Å². The van der Waals surface area contributed by atoms with E-state index in [9.17, 15) is 27.5 Å². The maximum absolute atomic E-state index is 14.4. The van der Waals surface area contributed by atoms with Crippen molar-refractivity contribution in [1.29, 1.82) is 0 Å². The number of nitrogens with zero attached hydrogens (tertiary/aromatic N) is 4. The van der Waals surface area contributed by atoms with Crippen LogP contribution in [0, 0.1) is 5.82 Å². The van der Waals surface area contributed by atoms with Crippen LogP contribution in [0.5, 0.6) is 17.2 Å². The number of methoxy groups -OCH3 is 1. The Morgan fingerprint density at radius 1 is 1.17 bits per heavy atom. The Morgan fingerprint density at radius 3 is 2.71 bits per heavy atom. The third kappa shape index (κ3) is 5.74. The summed E-state index contributed by atoms with van der Waals surface area (Å²) in [7, 11) is 1.47. The zero-order chi connectivity index (χ0) is 29.3. The van der Waals surface area contributed by atoms with Crippen molar-refractivity contribution in [2.75, 3.05) is 18.6 Å². The minimum absolute atomic E-state index is 0.210. The summed E-state index contributed by atoms with van der Waals surface area (Å²) < 4.78 is 63.6. The molecule has 1 aliphatic rings. The fourth-order valence-electron chi connectivity index (χ4n) is 4.95. The molecule has 1 fully saturated rings. The van der Waals surface area contributed by atoms with E-state index >= 15 is 0 Å². The van der Waals surface area contributed by atoms with Gasteiger partial charge < -0.3 is 24.8 Å². The Hall–Kier alpha value is -4.81. The number of imidazole rings is 1. The standard InChI is InChI=1S/C28H25F4N5O4/c1-3-5-18-14-33-24-10-11-25(35-37(18)24)36-15-17(13-21(36)20-12-16(29)8-9-22(20)40-2)34-27(39)19-6-4-7-23(26(19)38)41-28(30,31)32/h3-12,14,17,21,38H,13,15H2,1-2H3,(H,34,39)/b5-3+/t17-,21+/m0/s1. The molecule has 214 valence electrons. The summed E-state index contributed by atoms with van der Waals surface area (Å²) in [5.74, 6) is -2.17. The lowest BCUT2D eigenvalue weighted by atomic mass is 10.0. The number of hydrogen-bond acceptors (Lipinski definition) is 7. The number of allylic oxidation sites excluding steroid dienone is 1. The van der Waals surface area contributed by atoms with Gasteiger partial charge in [0.2, 0.25) is 0 Å².